The highest BCUT2D eigenvalue weighted by Crippen LogP contribution is 2.31. The normalized spacial score (nSPS) is 20.3. The van der Waals surface area contributed by atoms with Gasteiger partial charge in [0.2, 0.25) is 17.7 Å². The van der Waals surface area contributed by atoms with Gasteiger partial charge in [0.1, 0.15) is 6.04 Å². The van der Waals surface area contributed by atoms with Gasteiger partial charge in [-0.3, -0.25) is 28.8 Å². The van der Waals surface area contributed by atoms with Crippen molar-refractivity contribution < 1.29 is 14.4 Å². The summed E-state index contributed by atoms with van der Waals surface area (Å²) in [7, 11) is 1.70. The van der Waals surface area contributed by atoms with Gasteiger partial charge in [-0.2, -0.15) is 0 Å². The third-order valence-corrected chi connectivity index (χ3v) is 6.55. The number of fused-ring (bicyclic) bond motifs is 1. The minimum atomic E-state index is -0.678. The van der Waals surface area contributed by atoms with E-state index in [1.807, 2.05) is 23.1 Å². The Balaban J connectivity index is 1.55. The van der Waals surface area contributed by atoms with Gasteiger partial charge in [-0.1, -0.05) is 6.07 Å². The van der Waals surface area contributed by atoms with Gasteiger partial charge in [0, 0.05) is 33.0 Å². The second-order valence-corrected chi connectivity index (χ2v) is 8.47. The number of nitrogens with one attached hydrogen (secondary N) is 1. The van der Waals surface area contributed by atoms with Crippen molar-refractivity contribution >= 4 is 28.8 Å². The minimum Gasteiger partial charge on any atom is -0.343 e. The molecule has 1 atom stereocenters. The van der Waals surface area contributed by atoms with Crippen LogP contribution in [-0.4, -0.2) is 51.4 Å². The van der Waals surface area contributed by atoms with Crippen molar-refractivity contribution in [2.45, 2.75) is 50.5 Å². The first-order valence-corrected chi connectivity index (χ1v) is 10.9. The average Bonchev–Trinajstić information content (AvgIpc) is 3.02. The average molecular weight is 428 g/mol. The predicted molar refractivity (Wildman–Crippen MR) is 115 cm³/mol. The second kappa shape index (κ2) is 8.66. The summed E-state index contributed by atoms with van der Waals surface area (Å²) < 4.78 is 3.06. The molecule has 0 spiro atoms. The molecular weight excluding hydrogens is 398 g/mol. The molecule has 2 aromatic rings. The summed E-state index contributed by atoms with van der Waals surface area (Å²) in [4.78, 5) is 50.9. The number of imidazole rings is 1. The Morgan fingerprint density at radius 1 is 1.13 bits per heavy atom. The number of aryl methyl sites for hydroxylation is 1. The molecule has 166 valence electrons. The van der Waals surface area contributed by atoms with Crippen molar-refractivity contribution in [1.29, 1.82) is 0 Å². The lowest BCUT2D eigenvalue weighted by Gasteiger charge is -2.32. The van der Waals surface area contributed by atoms with E-state index in [0.717, 1.165) is 37.0 Å². The molecule has 4 rings (SSSR count). The molecule has 2 aliphatic rings. The molecule has 1 aromatic carbocycles. The van der Waals surface area contributed by atoms with E-state index >= 15 is 0 Å². The maximum absolute atomic E-state index is 12.9. The Bertz CT molecular complexity index is 1080. The van der Waals surface area contributed by atoms with Crippen LogP contribution in [0.15, 0.2) is 23.0 Å². The van der Waals surface area contributed by atoms with Crippen LogP contribution in [-0.2, 0) is 21.4 Å². The molecule has 9 heteroatoms. The molecular formula is C22H29N5O4. The van der Waals surface area contributed by atoms with E-state index in [1.165, 1.54) is 4.57 Å². The Morgan fingerprint density at radius 3 is 2.55 bits per heavy atom. The van der Waals surface area contributed by atoms with Crippen LogP contribution in [0.2, 0.25) is 0 Å². The molecule has 3 amide bonds. The summed E-state index contributed by atoms with van der Waals surface area (Å²) in [5.74, 6) is -0.244. The number of rotatable bonds is 5. The number of imide groups is 1. The summed E-state index contributed by atoms with van der Waals surface area (Å²) in [5.41, 5.74) is 7.84. The van der Waals surface area contributed by atoms with E-state index in [0.29, 0.717) is 37.2 Å². The number of hydrogen-bond donors (Lipinski definition) is 2. The first kappa shape index (κ1) is 21.3. The zero-order valence-electron chi connectivity index (χ0n) is 17.8. The molecule has 0 bridgehead atoms. The zero-order valence-corrected chi connectivity index (χ0v) is 17.8. The van der Waals surface area contributed by atoms with Crippen molar-refractivity contribution in [3.05, 3.63) is 34.2 Å². The van der Waals surface area contributed by atoms with E-state index in [1.54, 1.807) is 11.6 Å². The molecule has 0 radical (unpaired) electrons. The topological polar surface area (TPSA) is 119 Å². The molecule has 9 nitrogen and oxygen atoms in total. The number of nitrogens with two attached hydrogens (primary N) is 1. The van der Waals surface area contributed by atoms with E-state index < -0.39 is 11.9 Å². The van der Waals surface area contributed by atoms with E-state index in [4.69, 9.17) is 5.73 Å². The van der Waals surface area contributed by atoms with E-state index in [-0.39, 0.29) is 23.9 Å². The molecule has 1 unspecified atom stereocenters. The molecule has 1 aromatic heterocycles. The van der Waals surface area contributed by atoms with Gasteiger partial charge in [0.15, 0.2) is 0 Å². The molecule has 2 saturated heterocycles. The fraction of sp³-hybridized carbons (Fsp3) is 0.545. The van der Waals surface area contributed by atoms with Gasteiger partial charge in [-0.15, -0.1) is 0 Å². The minimum absolute atomic E-state index is 0.170. The van der Waals surface area contributed by atoms with Gasteiger partial charge in [-0.25, -0.2) is 4.79 Å². The van der Waals surface area contributed by atoms with Gasteiger partial charge < -0.3 is 10.6 Å². The third kappa shape index (κ3) is 4.01. The highest BCUT2D eigenvalue weighted by atomic mass is 16.2. The maximum Gasteiger partial charge on any atom is 0.329 e. The fourth-order valence-corrected chi connectivity index (χ4v) is 4.74. The Morgan fingerprint density at radius 2 is 1.87 bits per heavy atom. The first-order valence-electron chi connectivity index (χ1n) is 10.9. The van der Waals surface area contributed by atoms with Crippen LogP contribution in [0.1, 0.15) is 56.0 Å². The molecule has 2 aliphatic heterocycles. The number of amides is 3. The monoisotopic (exact) mass is 427 g/mol. The van der Waals surface area contributed by atoms with Gasteiger partial charge in [0.25, 0.3) is 0 Å². The van der Waals surface area contributed by atoms with Crippen LogP contribution in [0.5, 0.6) is 0 Å². The number of nitrogens with zero attached hydrogens (tertiary/aromatic N) is 3. The standard InChI is InChI=1S/C22H29N5O4/c1-25-18-13-15(14-8-11-26(12-9-14)20(29)3-2-10-23)4-5-16(18)27(22(25)31)17-6-7-19(28)24-21(17)30/h4-5,13-14,17H,2-3,6-12,23H2,1H3,(H,24,28,30). The number of piperidine rings is 2. The second-order valence-electron chi connectivity index (χ2n) is 8.47. The van der Waals surface area contributed by atoms with Crippen LogP contribution in [0, 0.1) is 0 Å². The Hall–Kier alpha value is -2.94. The molecule has 2 fully saturated rings. The first-order chi connectivity index (χ1) is 14.9. The van der Waals surface area contributed by atoms with Crippen molar-refractivity contribution in [3.63, 3.8) is 0 Å². The lowest BCUT2D eigenvalue weighted by atomic mass is 9.89. The molecule has 3 heterocycles. The Labute approximate surface area is 180 Å². The summed E-state index contributed by atoms with van der Waals surface area (Å²) in [6, 6.07) is 5.26. The molecule has 0 aliphatic carbocycles. The molecule has 0 saturated carbocycles. The van der Waals surface area contributed by atoms with Crippen LogP contribution in [0.3, 0.4) is 0 Å². The number of likely N-dealkylation sites (tertiary alicyclic amines) is 1. The van der Waals surface area contributed by atoms with Crippen LogP contribution in [0.4, 0.5) is 0 Å². The van der Waals surface area contributed by atoms with Gasteiger partial charge in [-0.05, 0) is 55.8 Å². The van der Waals surface area contributed by atoms with Crippen molar-refractivity contribution in [1.82, 2.24) is 19.4 Å². The third-order valence-electron chi connectivity index (χ3n) is 6.55. The van der Waals surface area contributed by atoms with Crippen molar-refractivity contribution in [2.75, 3.05) is 19.6 Å². The largest absolute Gasteiger partial charge is 0.343 e. The number of carbonyl (C=O) groups is 3. The Kier molecular flexibility index (Phi) is 5.95. The van der Waals surface area contributed by atoms with Gasteiger partial charge in [0.05, 0.1) is 11.0 Å². The van der Waals surface area contributed by atoms with Crippen LogP contribution >= 0.6 is 0 Å². The summed E-state index contributed by atoms with van der Waals surface area (Å²) in [6.45, 7) is 1.98. The quantitative estimate of drug-likeness (QED) is 0.683. The van der Waals surface area contributed by atoms with E-state index in [9.17, 15) is 19.2 Å². The molecule has 3 N–H and O–H groups in total. The predicted octanol–water partition coefficient (Wildman–Crippen LogP) is 0.763. The number of benzene rings is 1. The summed E-state index contributed by atoms with van der Waals surface area (Å²) in [5, 5.41) is 2.33. The number of carbonyl (C=O) groups excluding carboxylic acids is 3. The smallest absolute Gasteiger partial charge is 0.329 e. The maximum atomic E-state index is 12.9. The summed E-state index contributed by atoms with van der Waals surface area (Å²) in [6.07, 6.45) is 3.52. The highest BCUT2D eigenvalue weighted by Gasteiger charge is 2.31. The van der Waals surface area contributed by atoms with Crippen molar-refractivity contribution in [2.24, 2.45) is 12.8 Å². The van der Waals surface area contributed by atoms with Gasteiger partial charge >= 0.3 is 5.69 Å². The summed E-state index contributed by atoms with van der Waals surface area (Å²) >= 11 is 0. The lowest BCUT2D eigenvalue weighted by Crippen LogP contribution is -2.44. The van der Waals surface area contributed by atoms with E-state index in [2.05, 4.69) is 5.32 Å². The SMILES string of the molecule is Cn1c(=O)n(C2CCC(=O)NC2=O)c2ccc(C3CCN(C(=O)CCCN)CC3)cc21. The molecule has 31 heavy (non-hydrogen) atoms. The highest BCUT2D eigenvalue weighted by molar-refractivity contribution is 6.00. The zero-order chi connectivity index (χ0) is 22.1. The number of hydrogen-bond acceptors (Lipinski definition) is 5. The fourth-order valence-electron chi connectivity index (χ4n) is 4.74. The number of aromatic nitrogens is 2. The lowest BCUT2D eigenvalue weighted by molar-refractivity contribution is -0.136. The van der Waals surface area contributed by atoms with Crippen molar-refractivity contribution in [3.8, 4) is 0 Å². The van der Waals surface area contributed by atoms with Crippen LogP contribution < -0.4 is 16.7 Å². The van der Waals surface area contributed by atoms with Crippen LogP contribution in [0.25, 0.3) is 11.0 Å².